The molecule has 1 aliphatic heterocycles. The lowest BCUT2D eigenvalue weighted by atomic mass is 10.3. The molecule has 0 fully saturated rings. The van der Waals surface area contributed by atoms with E-state index >= 15 is 0 Å². The van der Waals surface area contributed by atoms with E-state index in [9.17, 15) is 4.79 Å². The van der Waals surface area contributed by atoms with E-state index in [1.807, 2.05) is 0 Å². The van der Waals surface area contributed by atoms with Gasteiger partial charge in [0.15, 0.2) is 11.6 Å². The molecule has 1 aliphatic rings. The zero-order valence-corrected chi connectivity index (χ0v) is 8.04. The molecule has 1 atom stereocenters. The molecule has 0 spiro atoms. The fraction of sp³-hybridized carbons (Fsp3) is 0.429. The second-order valence-corrected chi connectivity index (χ2v) is 2.65. The molecule has 0 N–H and O–H groups in total. The first-order chi connectivity index (χ1) is 5.81. The van der Waals surface area contributed by atoms with E-state index in [2.05, 4.69) is 25.9 Å². The summed E-state index contributed by atoms with van der Waals surface area (Å²) in [5.74, 6) is 1.69. The quantitative estimate of drug-likeness (QED) is 0.516. The van der Waals surface area contributed by atoms with E-state index < -0.39 is 6.23 Å². The van der Waals surface area contributed by atoms with E-state index in [1.165, 1.54) is 7.11 Å². The summed E-state index contributed by atoms with van der Waals surface area (Å²) in [6, 6.07) is 0. The maximum absolute atomic E-state index is 10.4. The highest BCUT2D eigenvalue weighted by molar-refractivity contribution is 9.09. The van der Waals surface area contributed by atoms with Crippen molar-refractivity contribution in [1.82, 2.24) is 0 Å². The number of halogens is 1. The van der Waals surface area contributed by atoms with Crippen molar-refractivity contribution < 1.29 is 9.53 Å². The van der Waals surface area contributed by atoms with Gasteiger partial charge in [0, 0.05) is 18.7 Å². The van der Waals surface area contributed by atoms with Crippen LogP contribution in [0, 0.1) is 0 Å². The Bertz CT molecular complexity index is 279. The van der Waals surface area contributed by atoms with Gasteiger partial charge in [0.1, 0.15) is 0 Å². The Morgan fingerprint density at radius 3 is 3.08 bits per heavy atom. The average molecular weight is 231 g/mol. The van der Waals surface area contributed by atoms with Gasteiger partial charge in [0.2, 0.25) is 6.23 Å². The van der Waals surface area contributed by atoms with Crippen LogP contribution in [0.5, 0.6) is 0 Å². The SMILES string of the molecule is COC1N=CC(CBr)=NC1=C=O. The molecule has 0 aromatic heterocycles. The Morgan fingerprint density at radius 1 is 1.83 bits per heavy atom. The predicted octanol–water partition coefficient (Wildman–Crippen LogP) is 0.595. The second-order valence-electron chi connectivity index (χ2n) is 2.09. The number of rotatable bonds is 2. The van der Waals surface area contributed by atoms with Crippen LogP contribution in [0.2, 0.25) is 0 Å². The zero-order valence-electron chi connectivity index (χ0n) is 6.45. The van der Waals surface area contributed by atoms with Gasteiger partial charge < -0.3 is 4.74 Å². The van der Waals surface area contributed by atoms with Crippen LogP contribution in [0.4, 0.5) is 0 Å². The van der Waals surface area contributed by atoms with Gasteiger partial charge >= 0.3 is 0 Å². The van der Waals surface area contributed by atoms with Gasteiger partial charge in [-0.05, 0) is 0 Å². The van der Waals surface area contributed by atoms with Crippen molar-refractivity contribution in [3.8, 4) is 0 Å². The third kappa shape index (κ3) is 1.88. The Labute approximate surface area is 78.2 Å². The maximum atomic E-state index is 10.4. The number of nitrogens with zero attached hydrogens (tertiary/aromatic N) is 2. The minimum atomic E-state index is -0.592. The van der Waals surface area contributed by atoms with E-state index in [4.69, 9.17) is 4.74 Å². The molecule has 0 bridgehead atoms. The van der Waals surface area contributed by atoms with Crippen molar-refractivity contribution >= 4 is 33.8 Å². The first-order valence-corrected chi connectivity index (χ1v) is 4.38. The molecular weight excluding hydrogens is 224 g/mol. The number of hydrogen-bond acceptors (Lipinski definition) is 4. The Morgan fingerprint density at radius 2 is 2.58 bits per heavy atom. The van der Waals surface area contributed by atoms with Crippen molar-refractivity contribution in [2.45, 2.75) is 6.23 Å². The van der Waals surface area contributed by atoms with E-state index in [-0.39, 0.29) is 5.70 Å². The summed E-state index contributed by atoms with van der Waals surface area (Å²) in [6.07, 6.45) is 0.981. The van der Waals surface area contributed by atoms with Crippen LogP contribution in [0.15, 0.2) is 15.7 Å². The zero-order chi connectivity index (χ0) is 8.97. The second kappa shape index (κ2) is 4.30. The molecule has 0 aromatic carbocycles. The summed E-state index contributed by atoms with van der Waals surface area (Å²) in [6.45, 7) is 0. The van der Waals surface area contributed by atoms with Gasteiger partial charge in [-0.25, -0.2) is 9.79 Å². The number of methoxy groups -OCH3 is 1. The van der Waals surface area contributed by atoms with Gasteiger partial charge in [-0.1, -0.05) is 15.9 Å². The minimum absolute atomic E-state index is 0.189. The number of ether oxygens (including phenoxy) is 1. The topological polar surface area (TPSA) is 51.0 Å². The third-order valence-corrected chi connectivity index (χ3v) is 1.90. The van der Waals surface area contributed by atoms with Gasteiger partial charge in [-0.15, -0.1) is 0 Å². The molecule has 12 heavy (non-hydrogen) atoms. The van der Waals surface area contributed by atoms with Crippen molar-refractivity contribution in [2.24, 2.45) is 9.98 Å². The fourth-order valence-corrected chi connectivity index (χ4v) is 1.04. The average Bonchev–Trinajstić information content (AvgIpc) is 2.16. The normalized spacial score (nSPS) is 22.0. The highest BCUT2D eigenvalue weighted by Gasteiger charge is 2.16. The van der Waals surface area contributed by atoms with Gasteiger partial charge in [-0.3, -0.25) is 4.99 Å². The summed E-state index contributed by atoms with van der Waals surface area (Å²) in [7, 11) is 1.47. The number of aliphatic imine (C=N–C) groups is 2. The number of alkyl halides is 1. The lowest BCUT2D eigenvalue weighted by Gasteiger charge is -2.12. The van der Waals surface area contributed by atoms with Crippen LogP contribution in [0.25, 0.3) is 0 Å². The molecule has 5 heteroatoms. The summed E-state index contributed by atoms with van der Waals surface area (Å²) >= 11 is 3.20. The molecule has 0 saturated heterocycles. The summed E-state index contributed by atoms with van der Waals surface area (Å²) in [4.78, 5) is 18.3. The molecular formula is C7H7BrN2O2. The monoisotopic (exact) mass is 230 g/mol. The third-order valence-electron chi connectivity index (χ3n) is 1.32. The van der Waals surface area contributed by atoms with Crippen molar-refractivity contribution in [3.05, 3.63) is 5.70 Å². The van der Waals surface area contributed by atoms with Gasteiger partial charge in [-0.2, -0.15) is 0 Å². The lowest BCUT2D eigenvalue weighted by Crippen LogP contribution is -2.19. The molecule has 64 valence electrons. The molecule has 1 unspecified atom stereocenters. The van der Waals surface area contributed by atoms with Crippen LogP contribution >= 0.6 is 15.9 Å². The van der Waals surface area contributed by atoms with Crippen molar-refractivity contribution in [1.29, 1.82) is 0 Å². The first kappa shape index (κ1) is 9.32. The van der Waals surface area contributed by atoms with Crippen molar-refractivity contribution in [3.63, 3.8) is 0 Å². The summed E-state index contributed by atoms with van der Waals surface area (Å²) < 4.78 is 4.87. The van der Waals surface area contributed by atoms with Crippen LogP contribution in [0.1, 0.15) is 0 Å². The highest BCUT2D eigenvalue weighted by Crippen LogP contribution is 2.10. The molecule has 0 radical (unpaired) electrons. The highest BCUT2D eigenvalue weighted by atomic mass is 79.9. The largest absolute Gasteiger partial charge is 0.353 e. The van der Waals surface area contributed by atoms with E-state index in [0.717, 1.165) is 0 Å². The van der Waals surface area contributed by atoms with Crippen LogP contribution in [0.3, 0.4) is 0 Å². The molecule has 0 amide bonds. The molecule has 1 heterocycles. The number of carbonyl (C=O) groups excluding carboxylic acids is 1. The van der Waals surface area contributed by atoms with Crippen LogP contribution < -0.4 is 0 Å². The Kier molecular flexibility index (Phi) is 3.34. The summed E-state index contributed by atoms with van der Waals surface area (Å²) in [5.41, 5.74) is 0.885. The molecule has 0 aromatic rings. The van der Waals surface area contributed by atoms with E-state index in [1.54, 1.807) is 12.2 Å². The number of hydrogen-bond donors (Lipinski definition) is 0. The fourth-order valence-electron chi connectivity index (χ4n) is 0.773. The maximum Gasteiger partial charge on any atom is 0.201 e. The van der Waals surface area contributed by atoms with Crippen LogP contribution in [-0.2, 0) is 9.53 Å². The van der Waals surface area contributed by atoms with Crippen molar-refractivity contribution in [2.75, 3.05) is 12.4 Å². The lowest BCUT2D eigenvalue weighted by molar-refractivity contribution is 0.139. The van der Waals surface area contributed by atoms with Gasteiger partial charge in [0.05, 0.1) is 5.71 Å². The Balaban J connectivity index is 2.89. The van der Waals surface area contributed by atoms with E-state index in [0.29, 0.717) is 11.0 Å². The molecule has 1 rings (SSSR count). The first-order valence-electron chi connectivity index (χ1n) is 3.26. The van der Waals surface area contributed by atoms with Crippen LogP contribution in [-0.4, -0.2) is 36.5 Å². The smallest absolute Gasteiger partial charge is 0.201 e. The molecule has 0 aliphatic carbocycles. The molecule has 0 saturated carbocycles. The molecule has 4 nitrogen and oxygen atoms in total. The standard InChI is InChI=1S/C7H7BrN2O2/c1-12-7-6(4-11)10-5(2-8)3-9-7/h3,7H,2H2,1H3. The Hall–Kier alpha value is -0.770. The minimum Gasteiger partial charge on any atom is -0.353 e. The van der Waals surface area contributed by atoms with Gasteiger partial charge in [0.25, 0.3) is 0 Å². The predicted molar refractivity (Wildman–Crippen MR) is 49.7 cm³/mol. The summed E-state index contributed by atoms with van der Waals surface area (Å²) in [5, 5.41) is 0.568.